The van der Waals surface area contributed by atoms with Crippen LogP contribution in [0.1, 0.15) is 25.8 Å². The minimum absolute atomic E-state index is 0.00376. The first-order valence-corrected chi connectivity index (χ1v) is 7.18. The summed E-state index contributed by atoms with van der Waals surface area (Å²) in [4.78, 5) is 23.3. The summed E-state index contributed by atoms with van der Waals surface area (Å²) in [5, 5.41) is 15.1. The first-order chi connectivity index (χ1) is 9.79. The van der Waals surface area contributed by atoms with Gasteiger partial charge < -0.3 is 15.7 Å². The molecule has 1 atom stereocenters. The van der Waals surface area contributed by atoms with Crippen molar-refractivity contribution in [3.63, 3.8) is 0 Å². The first-order valence-electron chi connectivity index (χ1n) is 6.80. The van der Waals surface area contributed by atoms with Gasteiger partial charge in [0.1, 0.15) is 0 Å². The van der Waals surface area contributed by atoms with E-state index in [-0.39, 0.29) is 30.7 Å². The van der Waals surface area contributed by atoms with Crippen molar-refractivity contribution in [1.29, 1.82) is 0 Å². The van der Waals surface area contributed by atoms with E-state index in [0.29, 0.717) is 10.7 Å². The highest BCUT2D eigenvalue weighted by molar-refractivity contribution is 6.33. The Balaban J connectivity index is 2.42. The predicted molar refractivity (Wildman–Crippen MR) is 83.3 cm³/mol. The molecule has 2 amide bonds. The lowest BCUT2D eigenvalue weighted by molar-refractivity contribution is -0.126. The van der Waals surface area contributed by atoms with Gasteiger partial charge >= 0.3 is 0 Å². The van der Waals surface area contributed by atoms with E-state index in [1.165, 1.54) is 0 Å². The van der Waals surface area contributed by atoms with E-state index in [9.17, 15) is 14.7 Å². The number of carbonyl (C=O) groups excluding carboxylic acids is 2. The SMILES string of the molecule is Cc1ccc(NC(=O)CNC(=O)CC(O)C(C)C)c(Cl)c1. The summed E-state index contributed by atoms with van der Waals surface area (Å²) in [6.07, 6.45) is -0.726. The van der Waals surface area contributed by atoms with Crippen LogP contribution >= 0.6 is 11.6 Å². The second kappa shape index (κ2) is 8.00. The summed E-state index contributed by atoms with van der Waals surface area (Å²) in [7, 11) is 0. The Morgan fingerprint density at radius 1 is 1.29 bits per heavy atom. The average molecular weight is 313 g/mol. The lowest BCUT2D eigenvalue weighted by Crippen LogP contribution is -2.35. The first kappa shape index (κ1) is 17.5. The molecule has 6 heteroatoms. The van der Waals surface area contributed by atoms with Crippen LogP contribution in [0.3, 0.4) is 0 Å². The largest absolute Gasteiger partial charge is 0.392 e. The highest BCUT2D eigenvalue weighted by Gasteiger charge is 2.15. The number of nitrogens with one attached hydrogen (secondary N) is 2. The van der Waals surface area contributed by atoms with Crippen molar-refractivity contribution in [2.45, 2.75) is 33.3 Å². The van der Waals surface area contributed by atoms with Crippen LogP contribution in [0.2, 0.25) is 5.02 Å². The van der Waals surface area contributed by atoms with Gasteiger partial charge in [0.2, 0.25) is 11.8 Å². The van der Waals surface area contributed by atoms with Crippen molar-refractivity contribution >= 4 is 29.1 Å². The molecule has 0 saturated heterocycles. The van der Waals surface area contributed by atoms with Crippen LogP contribution in [0.15, 0.2) is 18.2 Å². The fourth-order valence-electron chi connectivity index (χ4n) is 1.59. The number of benzene rings is 1. The molecule has 0 aliphatic carbocycles. The van der Waals surface area contributed by atoms with Gasteiger partial charge in [-0.2, -0.15) is 0 Å². The molecule has 116 valence electrons. The van der Waals surface area contributed by atoms with E-state index in [2.05, 4.69) is 10.6 Å². The van der Waals surface area contributed by atoms with Crippen LogP contribution in [0.25, 0.3) is 0 Å². The van der Waals surface area contributed by atoms with E-state index >= 15 is 0 Å². The molecule has 1 unspecified atom stereocenters. The Bertz CT molecular complexity index is 518. The molecule has 0 aliphatic rings. The van der Waals surface area contributed by atoms with Crippen LogP contribution in [0.5, 0.6) is 0 Å². The smallest absolute Gasteiger partial charge is 0.243 e. The number of halogens is 1. The van der Waals surface area contributed by atoms with E-state index < -0.39 is 6.10 Å². The highest BCUT2D eigenvalue weighted by Crippen LogP contribution is 2.22. The summed E-state index contributed by atoms with van der Waals surface area (Å²) < 4.78 is 0. The molecular weight excluding hydrogens is 292 g/mol. The number of aliphatic hydroxyl groups excluding tert-OH is 1. The molecule has 0 radical (unpaired) electrons. The molecule has 0 bridgehead atoms. The summed E-state index contributed by atoms with van der Waals surface area (Å²) in [5.41, 5.74) is 1.50. The highest BCUT2D eigenvalue weighted by atomic mass is 35.5. The predicted octanol–water partition coefficient (Wildman–Crippen LogP) is 2.11. The second-order valence-electron chi connectivity index (χ2n) is 5.32. The van der Waals surface area contributed by atoms with Gasteiger partial charge in [0.05, 0.1) is 29.8 Å². The third-order valence-corrected chi connectivity index (χ3v) is 3.32. The Morgan fingerprint density at radius 2 is 1.95 bits per heavy atom. The van der Waals surface area contributed by atoms with Crippen molar-refractivity contribution < 1.29 is 14.7 Å². The molecule has 0 saturated carbocycles. The van der Waals surface area contributed by atoms with Gasteiger partial charge in [0, 0.05) is 0 Å². The zero-order chi connectivity index (χ0) is 16.0. The molecule has 21 heavy (non-hydrogen) atoms. The molecule has 1 aromatic rings. The summed E-state index contributed by atoms with van der Waals surface area (Å²) in [6.45, 7) is 5.39. The van der Waals surface area contributed by atoms with Crippen LogP contribution < -0.4 is 10.6 Å². The van der Waals surface area contributed by atoms with Crippen LogP contribution in [-0.2, 0) is 9.59 Å². The van der Waals surface area contributed by atoms with Gasteiger partial charge in [0.25, 0.3) is 0 Å². The number of amides is 2. The molecule has 0 aliphatic heterocycles. The van der Waals surface area contributed by atoms with E-state index in [0.717, 1.165) is 5.56 Å². The monoisotopic (exact) mass is 312 g/mol. The molecule has 3 N–H and O–H groups in total. The maximum Gasteiger partial charge on any atom is 0.243 e. The van der Waals surface area contributed by atoms with Gasteiger partial charge in [-0.05, 0) is 30.5 Å². The lowest BCUT2D eigenvalue weighted by Gasteiger charge is -2.14. The zero-order valence-electron chi connectivity index (χ0n) is 12.4. The molecule has 0 spiro atoms. The number of carbonyl (C=O) groups is 2. The standard InChI is InChI=1S/C15H21ClN2O3/c1-9(2)13(19)7-14(20)17-8-15(21)18-12-5-4-10(3)6-11(12)16/h4-6,9,13,19H,7-8H2,1-3H3,(H,17,20)(H,18,21). The van der Waals surface area contributed by atoms with Crippen molar-refractivity contribution in [3.8, 4) is 0 Å². The molecule has 0 heterocycles. The number of hydrogen-bond acceptors (Lipinski definition) is 3. The fraction of sp³-hybridized carbons (Fsp3) is 0.467. The number of anilines is 1. The van der Waals surface area contributed by atoms with Crippen molar-refractivity contribution in [3.05, 3.63) is 28.8 Å². The van der Waals surface area contributed by atoms with Crippen LogP contribution in [0.4, 0.5) is 5.69 Å². The molecule has 1 aromatic carbocycles. The number of rotatable bonds is 6. The average Bonchev–Trinajstić information content (AvgIpc) is 2.39. The van der Waals surface area contributed by atoms with Gasteiger partial charge in [-0.1, -0.05) is 31.5 Å². The van der Waals surface area contributed by atoms with Crippen molar-refractivity contribution in [1.82, 2.24) is 5.32 Å². The van der Waals surface area contributed by atoms with Crippen LogP contribution in [-0.4, -0.2) is 29.6 Å². The van der Waals surface area contributed by atoms with E-state index in [1.54, 1.807) is 12.1 Å². The Hall–Kier alpha value is -1.59. The zero-order valence-corrected chi connectivity index (χ0v) is 13.2. The number of aryl methyl sites for hydroxylation is 1. The van der Waals surface area contributed by atoms with Gasteiger partial charge in [-0.3, -0.25) is 9.59 Å². The van der Waals surface area contributed by atoms with Gasteiger partial charge in [-0.15, -0.1) is 0 Å². The minimum atomic E-state index is -0.709. The van der Waals surface area contributed by atoms with Crippen molar-refractivity contribution in [2.75, 3.05) is 11.9 Å². The molecule has 1 rings (SSSR count). The third-order valence-electron chi connectivity index (χ3n) is 3.01. The topological polar surface area (TPSA) is 78.4 Å². The van der Waals surface area contributed by atoms with Gasteiger partial charge in [0.15, 0.2) is 0 Å². The summed E-state index contributed by atoms with van der Waals surface area (Å²) in [5.74, 6) is -0.731. The van der Waals surface area contributed by atoms with Crippen molar-refractivity contribution in [2.24, 2.45) is 5.92 Å². The lowest BCUT2D eigenvalue weighted by atomic mass is 10.0. The maximum absolute atomic E-state index is 11.7. The molecule has 0 aromatic heterocycles. The van der Waals surface area contributed by atoms with E-state index in [1.807, 2.05) is 26.8 Å². The second-order valence-corrected chi connectivity index (χ2v) is 5.73. The Labute approximate surface area is 129 Å². The quantitative estimate of drug-likeness (QED) is 0.753. The number of aliphatic hydroxyl groups is 1. The summed E-state index contributed by atoms with van der Waals surface area (Å²) in [6, 6.07) is 5.29. The summed E-state index contributed by atoms with van der Waals surface area (Å²) >= 11 is 6.00. The normalized spacial score (nSPS) is 12.1. The number of hydrogen-bond donors (Lipinski definition) is 3. The molecule has 0 fully saturated rings. The Morgan fingerprint density at radius 3 is 2.52 bits per heavy atom. The Kier molecular flexibility index (Phi) is 6.65. The fourth-order valence-corrected chi connectivity index (χ4v) is 1.87. The molecule has 5 nitrogen and oxygen atoms in total. The minimum Gasteiger partial charge on any atom is -0.392 e. The third kappa shape index (κ3) is 6.14. The van der Waals surface area contributed by atoms with E-state index in [4.69, 9.17) is 11.6 Å². The molecular formula is C15H21ClN2O3. The van der Waals surface area contributed by atoms with Gasteiger partial charge in [-0.25, -0.2) is 0 Å². The maximum atomic E-state index is 11.7. The van der Waals surface area contributed by atoms with Crippen LogP contribution in [0, 0.1) is 12.8 Å².